The molecule has 0 spiro atoms. The zero-order valence-electron chi connectivity index (χ0n) is 30.8. The number of halogens is 1. The van der Waals surface area contributed by atoms with Gasteiger partial charge in [-0.15, -0.1) is 59.7 Å². The van der Waals surface area contributed by atoms with E-state index in [0.717, 1.165) is 43.0 Å². The van der Waals surface area contributed by atoms with E-state index < -0.39 is 8.07 Å². The van der Waals surface area contributed by atoms with Gasteiger partial charge in [-0.1, -0.05) is 117 Å². The second-order valence-electron chi connectivity index (χ2n) is 14.5. The number of fused-ring (bicyclic) bond motifs is 3. The van der Waals surface area contributed by atoms with Gasteiger partial charge in [0.05, 0.1) is 8.07 Å². The van der Waals surface area contributed by atoms with E-state index in [1.165, 1.54) is 38.7 Å². The summed E-state index contributed by atoms with van der Waals surface area (Å²) in [7, 11) is -1.34. The van der Waals surface area contributed by atoms with Crippen LogP contribution in [-0.4, -0.2) is 18.0 Å². The fourth-order valence-electron chi connectivity index (χ4n) is 6.68. The molecule has 3 heterocycles. The first-order valence-corrected chi connectivity index (χ1v) is 22.0. The number of hydrogen-bond donors (Lipinski definition) is 0. The molecule has 0 amide bonds. The Balaban J connectivity index is 0.000000206. The van der Waals surface area contributed by atoms with Crippen molar-refractivity contribution in [2.24, 2.45) is 0 Å². The van der Waals surface area contributed by atoms with Crippen LogP contribution >= 0.6 is 11.3 Å². The summed E-state index contributed by atoms with van der Waals surface area (Å²) < 4.78 is 16.6. The summed E-state index contributed by atoms with van der Waals surface area (Å²) in [5.74, 6) is 0.331. The molecule has 0 fully saturated rings. The van der Waals surface area contributed by atoms with E-state index >= 15 is 0 Å². The number of aromatic nitrogens is 2. The maximum Gasteiger partial charge on any atom is 0.131 e. The molecule has 0 saturated carbocycles. The first-order valence-electron chi connectivity index (χ1n) is 17.7. The molecule has 0 bridgehead atoms. The van der Waals surface area contributed by atoms with Crippen molar-refractivity contribution in [1.29, 1.82) is 0 Å². The topological polar surface area (TPSA) is 25.8 Å². The molecule has 0 aliphatic heterocycles. The minimum Gasteiger partial charge on any atom is -0.305 e. The van der Waals surface area contributed by atoms with Gasteiger partial charge in [-0.25, -0.2) is 4.39 Å². The molecule has 267 valence electrons. The standard InChI is InChI=1S/C30H19FNS.C17H22NSi.Ir/c1-19-16-28(32-18-26(19)20-8-3-2-4-9-20)25-12-7-11-24-23-15-14-21(17-29(23)33-30(24)25)22-10-5-6-13-27(22)31;1-13(2)15-11-16(14-9-7-6-8-10-14)18-12-17(15)19(3,4)5;/h2-11,13-18H,1H3;6-9,11-13H,1-5H3;/q2*-1;. The van der Waals surface area contributed by atoms with Crippen molar-refractivity contribution in [3.8, 4) is 44.8 Å². The molecule has 5 aromatic carbocycles. The van der Waals surface area contributed by atoms with Crippen molar-refractivity contribution in [3.63, 3.8) is 0 Å². The van der Waals surface area contributed by atoms with Crippen LogP contribution in [0.5, 0.6) is 0 Å². The molecule has 53 heavy (non-hydrogen) atoms. The fourth-order valence-corrected chi connectivity index (χ4v) is 9.61. The van der Waals surface area contributed by atoms with Gasteiger partial charge in [-0.3, -0.25) is 0 Å². The third-order valence-corrected chi connectivity index (χ3v) is 12.6. The van der Waals surface area contributed by atoms with Crippen LogP contribution in [0.25, 0.3) is 64.9 Å². The number of benzene rings is 5. The number of rotatable bonds is 6. The van der Waals surface area contributed by atoms with Crippen LogP contribution in [0.1, 0.15) is 30.9 Å². The van der Waals surface area contributed by atoms with Crippen LogP contribution in [0.15, 0.2) is 134 Å². The van der Waals surface area contributed by atoms with Gasteiger partial charge in [-0.05, 0) is 68.3 Å². The summed E-state index contributed by atoms with van der Waals surface area (Å²) >= 11 is 1.71. The zero-order chi connectivity index (χ0) is 36.4. The molecule has 8 aromatic rings. The third-order valence-electron chi connectivity index (χ3n) is 9.42. The van der Waals surface area contributed by atoms with E-state index in [-0.39, 0.29) is 25.9 Å². The summed E-state index contributed by atoms with van der Waals surface area (Å²) in [6.45, 7) is 13.8. The maximum absolute atomic E-state index is 14.3. The molecule has 1 radical (unpaired) electrons. The van der Waals surface area contributed by atoms with Gasteiger partial charge in [0, 0.05) is 48.3 Å². The summed E-state index contributed by atoms with van der Waals surface area (Å²) in [5.41, 5.74) is 10.5. The van der Waals surface area contributed by atoms with Crippen LogP contribution in [0.4, 0.5) is 4.39 Å². The van der Waals surface area contributed by atoms with Crippen LogP contribution < -0.4 is 5.19 Å². The van der Waals surface area contributed by atoms with Crippen molar-refractivity contribution in [1.82, 2.24) is 9.97 Å². The van der Waals surface area contributed by atoms with Gasteiger partial charge >= 0.3 is 0 Å². The molecule has 6 heteroatoms. The first kappa shape index (κ1) is 38.2. The molecular weight excluding hydrogens is 864 g/mol. The monoisotopic (exact) mass is 905 g/mol. The fraction of sp³-hybridized carbons (Fsp3) is 0.149. The number of aryl methyl sites for hydroxylation is 1. The van der Waals surface area contributed by atoms with E-state index in [9.17, 15) is 4.39 Å². The van der Waals surface area contributed by atoms with Gasteiger partial charge < -0.3 is 9.97 Å². The van der Waals surface area contributed by atoms with Crippen LogP contribution in [0, 0.1) is 24.9 Å². The summed E-state index contributed by atoms with van der Waals surface area (Å²) in [4.78, 5) is 9.47. The molecule has 0 N–H and O–H groups in total. The van der Waals surface area contributed by atoms with Crippen molar-refractivity contribution in [2.45, 2.75) is 46.3 Å². The Kier molecular flexibility index (Phi) is 11.7. The summed E-state index contributed by atoms with van der Waals surface area (Å²) in [6.07, 6.45) is 4.05. The van der Waals surface area contributed by atoms with Gasteiger partial charge in [0.15, 0.2) is 0 Å². The normalized spacial score (nSPS) is 11.3. The Hall–Kier alpha value is -4.58. The predicted octanol–water partition coefficient (Wildman–Crippen LogP) is 12.9. The Morgan fingerprint density at radius 2 is 1.42 bits per heavy atom. The first-order chi connectivity index (χ1) is 25.1. The molecule has 3 aromatic heterocycles. The van der Waals surface area contributed by atoms with Crippen molar-refractivity contribution in [3.05, 3.63) is 163 Å². The van der Waals surface area contributed by atoms with Crippen LogP contribution in [-0.2, 0) is 20.1 Å². The predicted molar refractivity (Wildman–Crippen MR) is 223 cm³/mol. The van der Waals surface area contributed by atoms with Crippen molar-refractivity contribution >= 4 is 44.8 Å². The zero-order valence-corrected chi connectivity index (χ0v) is 35.0. The second-order valence-corrected chi connectivity index (χ2v) is 20.6. The Labute approximate surface area is 331 Å². The smallest absolute Gasteiger partial charge is 0.131 e. The number of thiophene rings is 1. The minimum absolute atomic E-state index is 0. The van der Waals surface area contributed by atoms with E-state index in [2.05, 4.69) is 112 Å². The van der Waals surface area contributed by atoms with E-state index in [1.807, 2.05) is 66.9 Å². The SMILES string of the molecule is CC(C)c1cc(-c2[c-]cccc2)ncc1[Si](C)(C)C.Cc1cc(-c2[c-]ccc3c2sc2cc(-c4ccccc4F)ccc23)ncc1-c1ccccc1.[Ir]. The Bertz CT molecular complexity index is 2510. The van der Waals surface area contributed by atoms with E-state index in [1.54, 1.807) is 17.4 Å². The molecule has 0 atom stereocenters. The van der Waals surface area contributed by atoms with Gasteiger partial charge in [0.1, 0.15) is 5.82 Å². The van der Waals surface area contributed by atoms with Crippen LogP contribution in [0.3, 0.4) is 0 Å². The number of hydrogen-bond acceptors (Lipinski definition) is 3. The molecule has 8 rings (SSSR count). The average Bonchev–Trinajstić information content (AvgIpc) is 3.53. The van der Waals surface area contributed by atoms with Crippen molar-refractivity contribution in [2.75, 3.05) is 0 Å². The number of nitrogens with zero attached hydrogens (tertiary/aromatic N) is 2. The molecule has 0 saturated heterocycles. The molecule has 0 aliphatic carbocycles. The van der Waals surface area contributed by atoms with Gasteiger partial charge in [-0.2, -0.15) is 11.3 Å². The minimum atomic E-state index is -1.34. The van der Waals surface area contributed by atoms with E-state index in [4.69, 9.17) is 4.98 Å². The number of pyridine rings is 2. The molecule has 0 unspecified atom stereocenters. The summed E-state index contributed by atoms with van der Waals surface area (Å²) in [6, 6.07) is 46.6. The summed E-state index contributed by atoms with van der Waals surface area (Å²) in [5, 5.41) is 3.82. The van der Waals surface area contributed by atoms with Crippen molar-refractivity contribution < 1.29 is 24.5 Å². The van der Waals surface area contributed by atoms with Crippen LogP contribution in [0.2, 0.25) is 19.6 Å². The quantitative estimate of drug-likeness (QED) is 0.123. The molecule has 2 nitrogen and oxygen atoms in total. The molecule has 0 aliphatic rings. The average molecular weight is 905 g/mol. The van der Waals surface area contributed by atoms with E-state index in [0.29, 0.717) is 11.5 Å². The largest absolute Gasteiger partial charge is 0.305 e. The van der Waals surface area contributed by atoms with Gasteiger partial charge in [0.2, 0.25) is 0 Å². The van der Waals surface area contributed by atoms with Gasteiger partial charge in [0.25, 0.3) is 0 Å². The maximum atomic E-state index is 14.3. The molecular formula is C47H41FIrN2SSi-2. The Morgan fingerprint density at radius 1 is 0.679 bits per heavy atom. The second kappa shape index (κ2) is 16.2. The Morgan fingerprint density at radius 3 is 2.11 bits per heavy atom. The third kappa shape index (κ3) is 8.17.